The molecule has 1 N–H and O–H groups in total. The van der Waals surface area contributed by atoms with Crippen molar-refractivity contribution in [2.75, 3.05) is 31.2 Å². The zero-order valence-corrected chi connectivity index (χ0v) is 16.4. The summed E-state index contributed by atoms with van der Waals surface area (Å²) in [7, 11) is 0. The van der Waals surface area contributed by atoms with Crippen LogP contribution < -0.4 is 10.2 Å². The second-order valence-corrected chi connectivity index (χ2v) is 7.44. The summed E-state index contributed by atoms with van der Waals surface area (Å²) in [6, 6.07) is 16.8. The van der Waals surface area contributed by atoms with E-state index in [1.165, 1.54) is 0 Å². The van der Waals surface area contributed by atoms with Gasteiger partial charge in [0.25, 0.3) is 5.91 Å². The van der Waals surface area contributed by atoms with E-state index in [0.717, 1.165) is 35.6 Å². The van der Waals surface area contributed by atoms with Crippen LogP contribution >= 0.6 is 0 Å². The van der Waals surface area contributed by atoms with Gasteiger partial charge in [-0.25, -0.2) is 4.98 Å². The normalized spacial score (nSPS) is 14.9. The largest absolute Gasteiger partial charge is 0.378 e. The fraction of sp³-hybridized carbons (Fsp3) is 0.208. The van der Waals surface area contributed by atoms with Crippen LogP contribution in [0.5, 0.6) is 0 Å². The van der Waals surface area contributed by atoms with Crippen LogP contribution in [0.1, 0.15) is 31.8 Å². The first kappa shape index (κ1) is 18.5. The molecule has 0 unspecified atom stereocenters. The van der Waals surface area contributed by atoms with Crippen molar-refractivity contribution in [3.05, 3.63) is 83.0 Å². The Morgan fingerprint density at radius 1 is 0.967 bits per heavy atom. The summed E-state index contributed by atoms with van der Waals surface area (Å²) in [5, 5.41) is 2.92. The minimum Gasteiger partial charge on any atom is -0.378 e. The van der Waals surface area contributed by atoms with Crippen molar-refractivity contribution in [2.24, 2.45) is 0 Å². The summed E-state index contributed by atoms with van der Waals surface area (Å²) in [6.07, 6.45) is 1.79. The number of benzene rings is 2. The molecule has 1 fully saturated rings. The minimum absolute atomic E-state index is 0.0295. The Hall–Kier alpha value is -3.51. The SMILES string of the molecule is O=C(NCc1ccc(N2CCOCC2)nc1)c1ccc2c(c1)C(=O)c1ccccc1-2. The van der Waals surface area contributed by atoms with Crippen LogP contribution in [0.4, 0.5) is 5.82 Å². The first-order valence-electron chi connectivity index (χ1n) is 10.0. The van der Waals surface area contributed by atoms with Crippen molar-refractivity contribution in [3.8, 4) is 11.1 Å². The highest BCUT2D eigenvalue weighted by molar-refractivity contribution is 6.22. The smallest absolute Gasteiger partial charge is 0.251 e. The monoisotopic (exact) mass is 399 g/mol. The molecule has 6 nitrogen and oxygen atoms in total. The fourth-order valence-electron chi connectivity index (χ4n) is 3.95. The lowest BCUT2D eigenvalue weighted by Crippen LogP contribution is -2.36. The Balaban J connectivity index is 1.26. The molecule has 5 rings (SSSR count). The molecule has 1 aliphatic carbocycles. The first-order chi connectivity index (χ1) is 14.7. The van der Waals surface area contributed by atoms with E-state index in [1.54, 1.807) is 18.3 Å². The number of anilines is 1. The van der Waals surface area contributed by atoms with Gasteiger partial charge in [-0.2, -0.15) is 0 Å². The van der Waals surface area contributed by atoms with Gasteiger partial charge in [-0.05, 0) is 34.9 Å². The zero-order valence-electron chi connectivity index (χ0n) is 16.4. The van der Waals surface area contributed by atoms with E-state index in [1.807, 2.05) is 42.5 Å². The number of rotatable bonds is 4. The molecule has 6 heteroatoms. The molecule has 0 saturated carbocycles. The number of amides is 1. The number of carbonyl (C=O) groups is 2. The van der Waals surface area contributed by atoms with Gasteiger partial charge in [-0.3, -0.25) is 9.59 Å². The van der Waals surface area contributed by atoms with E-state index >= 15 is 0 Å². The average molecular weight is 399 g/mol. The van der Waals surface area contributed by atoms with Gasteiger partial charge in [-0.15, -0.1) is 0 Å². The van der Waals surface area contributed by atoms with Crippen LogP contribution in [0, 0.1) is 0 Å². The van der Waals surface area contributed by atoms with E-state index in [2.05, 4.69) is 15.2 Å². The van der Waals surface area contributed by atoms with E-state index in [4.69, 9.17) is 4.74 Å². The molecular formula is C24H21N3O3. The van der Waals surface area contributed by atoms with Crippen LogP contribution in [0.2, 0.25) is 0 Å². The highest BCUT2D eigenvalue weighted by Crippen LogP contribution is 2.36. The van der Waals surface area contributed by atoms with Crippen molar-refractivity contribution in [1.29, 1.82) is 0 Å². The van der Waals surface area contributed by atoms with Gasteiger partial charge in [0, 0.05) is 42.5 Å². The third-order valence-electron chi connectivity index (χ3n) is 5.59. The number of ketones is 1. The fourth-order valence-corrected chi connectivity index (χ4v) is 3.95. The van der Waals surface area contributed by atoms with Crippen molar-refractivity contribution in [2.45, 2.75) is 6.54 Å². The summed E-state index contributed by atoms with van der Waals surface area (Å²) in [5.41, 5.74) is 4.49. The number of carbonyl (C=O) groups excluding carboxylic acids is 2. The highest BCUT2D eigenvalue weighted by Gasteiger charge is 2.27. The minimum atomic E-state index is -0.209. The number of pyridine rings is 1. The van der Waals surface area contributed by atoms with Crippen LogP contribution in [-0.2, 0) is 11.3 Å². The number of fused-ring (bicyclic) bond motifs is 3. The topological polar surface area (TPSA) is 71.5 Å². The molecule has 1 saturated heterocycles. The number of morpholine rings is 1. The predicted octanol–water partition coefficient (Wildman–Crippen LogP) is 3.06. The molecule has 1 aromatic heterocycles. The maximum atomic E-state index is 12.7. The van der Waals surface area contributed by atoms with Crippen LogP contribution in [0.3, 0.4) is 0 Å². The number of hydrogen-bond acceptors (Lipinski definition) is 5. The highest BCUT2D eigenvalue weighted by atomic mass is 16.5. The number of hydrogen-bond donors (Lipinski definition) is 1. The molecule has 0 atom stereocenters. The van der Waals surface area contributed by atoms with Gasteiger partial charge in [-0.1, -0.05) is 36.4 Å². The third-order valence-corrected chi connectivity index (χ3v) is 5.59. The molecule has 1 aliphatic heterocycles. The summed E-state index contributed by atoms with van der Waals surface area (Å²) in [6.45, 7) is 3.48. The van der Waals surface area contributed by atoms with Crippen LogP contribution in [0.15, 0.2) is 60.8 Å². The van der Waals surface area contributed by atoms with E-state index in [0.29, 0.717) is 36.4 Å². The summed E-state index contributed by atoms with van der Waals surface area (Å²) in [4.78, 5) is 32.0. The molecule has 2 aliphatic rings. The van der Waals surface area contributed by atoms with Gasteiger partial charge >= 0.3 is 0 Å². The molecular weight excluding hydrogens is 378 g/mol. The average Bonchev–Trinajstić information content (AvgIpc) is 3.10. The van der Waals surface area contributed by atoms with Gasteiger partial charge in [0.05, 0.1) is 13.2 Å². The molecule has 0 bridgehead atoms. The Labute approximate surface area is 174 Å². The number of aromatic nitrogens is 1. The Morgan fingerprint density at radius 2 is 1.73 bits per heavy atom. The van der Waals surface area contributed by atoms with Crippen molar-refractivity contribution < 1.29 is 14.3 Å². The molecule has 2 heterocycles. The second-order valence-electron chi connectivity index (χ2n) is 7.44. The van der Waals surface area contributed by atoms with E-state index < -0.39 is 0 Å². The third kappa shape index (κ3) is 3.35. The van der Waals surface area contributed by atoms with Gasteiger partial charge in [0.2, 0.25) is 0 Å². The first-order valence-corrected chi connectivity index (χ1v) is 10.0. The van der Waals surface area contributed by atoms with Gasteiger partial charge in [0.1, 0.15) is 5.82 Å². The maximum absolute atomic E-state index is 12.7. The Bertz CT molecular complexity index is 1120. The lowest BCUT2D eigenvalue weighted by molar-refractivity contribution is 0.0951. The summed E-state index contributed by atoms with van der Waals surface area (Å²) >= 11 is 0. The molecule has 1 amide bonds. The zero-order chi connectivity index (χ0) is 20.5. The maximum Gasteiger partial charge on any atom is 0.251 e. The Morgan fingerprint density at radius 3 is 2.50 bits per heavy atom. The quantitative estimate of drug-likeness (QED) is 0.571. The van der Waals surface area contributed by atoms with Crippen LogP contribution in [0.25, 0.3) is 11.1 Å². The summed E-state index contributed by atoms with van der Waals surface area (Å²) < 4.78 is 5.37. The second kappa shape index (κ2) is 7.72. The van der Waals surface area contributed by atoms with Crippen molar-refractivity contribution in [3.63, 3.8) is 0 Å². The van der Waals surface area contributed by atoms with Crippen molar-refractivity contribution in [1.82, 2.24) is 10.3 Å². The molecule has 0 radical (unpaired) electrons. The van der Waals surface area contributed by atoms with Crippen LogP contribution in [-0.4, -0.2) is 43.0 Å². The molecule has 30 heavy (non-hydrogen) atoms. The molecule has 150 valence electrons. The lowest BCUT2D eigenvalue weighted by Gasteiger charge is -2.27. The molecule has 3 aromatic rings. The summed E-state index contributed by atoms with van der Waals surface area (Å²) in [5.74, 6) is 0.682. The standard InChI is InChI=1S/C24H21N3O3/c28-23-20-4-2-1-3-18(20)19-7-6-17(13-21(19)23)24(29)26-15-16-5-8-22(25-14-16)27-9-11-30-12-10-27/h1-8,13-14H,9-12,15H2,(H,26,29). The molecule has 0 spiro atoms. The predicted molar refractivity (Wildman–Crippen MR) is 114 cm³/mol. The van der Waals surface area contributed by atoms with E-state index in [-0.39, 0.29) is 11.7 Å². The number of nitrogens with zero attached hydrogens (tertiary/aromatic N) is 2. The van der Waals surface area contributed by atoms with E-state index in [9.17, 15) is 9.59 Å². The lowest BCUT2D eigenvalue weighted by atomic mass is 10.0. The molecule has 2 aromatic carbocycles. The van der Waals surface area contributed by atoms with Gasteiger partial charge in [0.15, 0.2) is 5.78 Å². The number of ether oxygens (including phenoxy) is 1. The van der Waals surface area contributed by atoms with Crippen molar-refractivity contribution >= 4 is 17.5 Å². The number of nitrogens with one attached hydrogen (secondary N) is 1. The Kier molecular flexibility index (Phi) is 4.77. The van der Waals surface area contributed by atoms with Gasteiger partial charge < -0.3 is 15.0 Å².